The van der Waals surface area contributed by atoms with Gasteiger partial charge in [0.1, 0.15) is 5.92 Å². The molecule has 0 aliphatic heterocycles. The van der Waals surface area contributed by atoms with Crippen LogP contribution in [-0.4, -0.2) is 26.8 Å². The maximum Gasteiger partial charge on any atom is 0.323 e. The summed E-state index contributed by atoms with van der Waals surface area (Å²) in [4.78, 5) is 38.5. The molecular formula is C11H10N2O4. The van der Waals surface area contributed by atoms with E-state index in [1.54, 1.807) is 6.07 Å². The zero-order valence-corrected chi connectivity index (χ0v) is 8.98. The fourth-order valence-corrected chi connectivity index (χ4v) is 1.55. The number of hydrogen-bond acceptors (Lipinski definition) is 3. The summed E-state index contributed by atoms with van der Waals surface area (Å²) in [6.45, 7) is 1.33. The summed E-state index contributed by atoms with van der Waals surface area (Å²) in [5.41, 5.74) is 0.964. The Bertz CT molecular complexity index is 653. The summed E-state index contributed by atoms with van der Waals surface area (Å²) < 4.78 is 0. The highest BCUT2D eigenvalue weighted by Crippen LogP contribution is 2.14. The molecule has 88 valence electrons. The Labute approximate surface area is 95.3 Å². The average molecular weight is 234 g/mol. The molecule has 1 atom stereocenters. The van der Waals surface area contributed by atoms with Crippen molar-refractivity contribution in [3.63, 3.8) is 0 Å². The number of carboxylic acids is 1. The molecule has 3 N–H and O–H groups in total. The number of imidazole rings is 1. The first-order chi connectivity index (χ1) is 7.99. The lowest BCUT2D eigenvalue weighted by molar-refractivity contribution is -0.139. The molecule has 0 saturated carbocycles. The summed E-state index contributed by atoms with van der Waals surface area (Å²) in [6, 6.07) is 4.53. The smallest absolute Gasteiger partial charge is 0.323 e. The van der Waals surface area contributed by atoms with Crippen molar-refractivity contribution in [1.82, 2.24) is 9.97 Å². The van der Waals surface area contributed by atoms with Gasteiger partial charge >= 0.3 is 11.7 Å². The Balaban J connectivity index is 2.46. The number of aromatic nitrogens is 2. The number of aliphatic carboxylic acids is 1. The van der Waals surface area contributed by atoms with E-state index < -0.39 is 17.7 Å². The van der Waals surface area contributed by atoms with Crippen LogP contribution in [0, 0.1) is 5.92 Å². The number of aromatic amines is 2. The third-order valence-electron chi connectivity index (χ3n) is 2.56. The molecule has 6 nitrogen and oxygen atoms in total. The maximum atomic E-state index is 11.8. The van der Waals surface area contributed by atoms with E-state index in [0.29, 0.717) is 11.0 Å². The van der Waals surface area contributed by atoms with E-state index in [-0.39, 0.29) is 11.3 Å². The monoisotopic (exact) mass is 234 g/mol. The van der Waals surface area contributed by atoms with Gasteiger partial charge in [0.2, 0.25) is 0 Å². The summed E-state index contributed by atoms with van der Waals surface area (Å²) in [5, 5.41) is 8.75. The Morgan fingerprint density at radius 1 is 1.24 bits per heavy atom. The molecule has 0 spiro atoms. The summed E-state index contributed by atoms with van der Waals surface area (Å²) in [5.74, 6) is -2.75. The average Bonchev–Trinajstić information content (AvgIpc) is 2.65. The van der Waals surface area contributed by atoms with E-state index in [1.165, 1.54) is 19.1 Å². The highest BCUT2D eigenvalue weighted by molar-refractivity contribution is 6.08. The van der Waals surface area contributed by atoms with Crippen molar-refractivity contribution in [2.45, 2.75) is 6.92 Å². The Morgan fingerprint density at radius 2 is 1.88 bits per heavy atom. The van der Waals surface area contributed by atoms with Gasteiger partial charge in [-0.2, -0.15) is 0 Å². The summed E-state index contributed by atoms with van der Waals surface area (Å²) in [6.07, 6.45) is 0. The van der Waals surface area contributed by atoms with Crippen LogP contribution in [0.1, 0.15) is 17.3 Å². The number of hydrogen-bond donors (Lipinski definition) is 3. The Kier molecular flexibility index (Phi) is 2.55. The lowest BCUT2D eigenvalue weighted by atomic mass is 9.99. The molecule has 2 rings (SSSR count). The lowest BCUT2D eigenvalue weighted by Crippen LogP contribution is -2.20. The number of carbonyl (C=O) groups is 2. The molecule has 0 aliphatic carbocycles. The first-order valence-electron chi connectivity index (χ1n) is 4.98. The van der Waals surface area contributed by atoms with Crippen LogP contribution in [0.4, 0.5) is 0 Å². The number of rotatable bonds is 3. The second-order valence-electron chi connectivity index (χ2n) is 3.76. The highest BCUT2D eigenvalue weighted by Gasteiger charge is 2.22. The van der Waals surface area contributed by atoms with Gasteiger partial charge in [0.25, 0.3) is 0 Å². The maximum absolute atomic E-state index is 11.8. The summed E-state index contributed by atoms with van der Waals surface area (Å²) >= 11 is 0. The van der Waals surface area contributed by atoms with Gasteiger partial charge in [0, 0.05) is 5.56 Å². The molecule has 1 heterocycles. The highest BCUT2D eigenvalue weighted by atomic mass is 16.4. The zero-order valence-electron chi connectivity index (χ0n) is 8.98. The Morgan fingerprint density at radius 3 is 2.53 bits per heavy atom. The van der Waals surface area contributed by atoms with E-state index in [0.717, 1.165) is 0 Å². The Hall–Kier alpha value is -2.37. The van der Waals surface area contributed by atoms with Gasteiger partial charge in [-0.1, -0.05) is 0 Å². The number of benzene rings is 1. The molecule has 17 heavy (non-hydrogen) atoms. The number of Topliss-reactive ketones (excluding diaryl/α,β-unsaturated/α-hetero) is 1. The van der Waals surface area contributed by atoms with Gasteiger partial charge in [-0.3, -0.25) is 9.59 Å². The first kappa shape index (κ1) is 11.1. The van der Waals surface area contributed by atoms with Crippen LogP contribution in [0.25, 0.3) is 11.0 Å². The van der Waals surface area contributed by atoms with Crippen molar-refractivity contribution in [1.29, 1.82) is 0 Å². The minimum absolute atomic E-state index is 0.266. The van der Waals surface area contributed by atoms with Crippen LogP contribution in [0.3, 0.4) is 0 Å². The molecule has 1 aromatic heterocycles. The fraction of sp³-hybridized carbons (Fsp3) is 0.182. The topological polar surface area (TPSA) is 103 Å². The number of ketones is 1. The first-order valence-corrected chi connectivity index (χ1v) is 4.98. The van der Waals surface area contributed by atoms with E-state index in [1.807, 2.05) is 0 Å². The summed E-state index contributed by atoms with van der Waals surface area (Å²) in [7, 11) is 0. The van der Waals surface area contributed by atoms with Crippen molar-refractivity contribution in [3.05, 3.63) is 34.2 Å². The molecule has 1 unspecified atom stereocenters. The van der Waals surface area contributed by atoms with Crippen molar-refractivity contribution in [2.24, 2.45) is 5.92 Å². The molecule has 0 saturated heterocycles. The molecule has 0 bridgehead atoms. The van der Waals surface area contributed by atoms with Crippen LogP contribution in [0.5, 0.6) is 0 Å². The van der Waals surface area contributed by atoms with Gasteiger partial charge < -0.3 is 15.1 Å². The molecule has 1 aromatic carbocycles. The number of fused-ring (bicyclic) bond motifs is 1. The van der Waals surface area contributed by atoms with Crippen molar-refractivity contribution < 1.29 is 14.7 Å². The van der Waals surface area contributed by atoms with Gasteiger partial charge in [0.15, 0.2) is 5.78 Å². The minimum Gasteiger partial charge on any atom is -0.481 e. The molecular weight excluding hydrogens is 224 g/mol. The molecule has 0 fully saturated rings. The number of H-pyrrole nitrogens is 2. The lowest BCUT2D eigenvalue weighted by Gasteiger charge is -2.04. The predicted octanol–water partition coefficient (Wildman–Crippen LogP) is 0.760. The molecule has 0 amide bonds. The van der Waals surface area contributed by atoms with E-state index in [9.17, 15) is 14.4 Å². The fourth-order valence-electron chi connectivity index (χ4n) is 1.55. The number of carboxylic acid groups (broad SMARTS) is 1. The molecule has 0 aliphatic rings. The molecule has 2 aromatic rings. The van der Waals surface area contributed by atoms with Crippen molar-refractivity contribution in [2.75, 3.05) is 0 Å². The van der Waals surface area contributed by atoms with Gasteiger partial charge in [-0.15, -0.1) is 0 Å². The third kappa shape index (κ3) is 1.96. The van der Waals surface area contributed by atoms with Gasteiger partial charge in [-0.05, 0) is 25.1 Å². The van der Waals surface area contributed by atoms with Gasteiger partial charge in [-0.25, -0.2) is 4.79 Å². The number of nitrogens with one attached hydrogen (secondary N) is 2. The predicted molar refractivity (Wildman–Crippen MR) is 60.0 cm³/mol. The van der Waals surface area contributed by atoms with Gasteiger partial charge in [0.05, 0.1) is 11.0 Å². The minimum atomic E-state index is -1.17. The van der Waals surface area contributed by atoms with E-state index >= 15 is 0 Å². The standard InChI is InChI=1S/C11H10N2O4/c1-5(10(15)16)9(14)6-2-3-7-8(4-6)13-11(17)12-7/h2-5H,1H3,(H,15,16)(H2,12,13,17). The SMILES string of the molecule is CC(C(=O)O)C(=O)c1ccc2[nH]c(=O)[nH]c2c1. The van der Waals surface area contributed by atoms with E-state index in [4.69, 9.17) is 5.11 Å². The third-order valence-corrected chi connectivity index (χ3v) is 2.56. The normalized spacial score (nSPS) is 12.5. The molecule has 6 heteroatoms. The van der Waals surface area contributed by atoms with E-state index in [2.05, 4.69) is 9.97 Å². The second-order valence-corrected chi connectivity index (χ2v) is 3.76. The molecule has 0 radical (unpaired) electrons. The van der Waals surface area contributed by atoms with Crippen LogP contribution < -0.4 is 5.69 Å². The zero-order chi connectivity index (χ0) is 12.6. The van der Waals surface area contributed by atoms with Crippen LogP contribution in [0.2, 0.25) is 0 Å². The quantitative estimate of drug-likeness (QED) is 0.538. The van der Waals surface area contributed by atoms with Crippen molar-refractivity contribution in [3.8, 4) is 0 Å². The number of carbonyl (C=O) groups excluding carboxylic acids is 1. The van der Waals surface area contributed by atoms with Crippen LogP contribution in [0.15, 0.2) is 23.0 Å². The van der Waals surface area contributed by atoms with Crippen molar-refractivity contribution >= 4 is 22.8 Å². The van der Waals surface area contributed by atoms with Crippen LogP contribution >= 0.6 is 0 Å². The largest absolute Gasteiger partial charge is 0.481 e. The second kappa shape index (κ2) is 3.89. The van der Waals surface area contributed by atoms with Crippen LogP contribution in [-0.2, 0) is 4.79 Å².